The van der Waals surface area contributed by atoms with E-state index in [4.69, 9.17) is 4.74 Å². The summed E-state index contributed by atoms with van der Waals surface area (Å²) in [6.07, 6.45) is 1.54. The number of methoxy groups -OCH3 is 1. The van der Waals surface area contributed by atoms with Crippen molar-refractivity contribution < 1.29 is 13.9 Å². The van der Waals surface area contributed by atoms with Gasteiger partial charge in [0.1, 0.15) is 17.6 Å². The number of anilines is 1. The minimum atomic E-state index is -0.506. The van der Waals surface area contributed by atoms with Gasteiger partial charge in [-0.1, -0.05) is 0 Å². The van der Waals surface area contributed by atoms with Crippen molar-refractivity contribution in [3.63, 3.8) is 0 Å². The number of halogens is 1. The number of hydrazone groups is 1. The Morgan fingerprint density at radius 2 is 1.83 bits per heavy atom. The van der Waals surface area contributed by atoms with Crippen LogP contribution in [0.3, 0.4) is 0 Å². The largest absolute Gasteiger partial charge is 0.497 e. The molecule has 0 fully saturated rings. The number of nitrogens with one attached hydrogen (secondary N) is 2. The number of amides is 1. The van der Waals surface area contributed by atoms with Crippen molar-refractivity contribution in [2.24, 2.45) is 5.10 Å². The monoisotopic (exact) mass is 315 g/mol. The molecule has 0 radical (unpaired) electrons. The van der Waals surface area contributed by atoms with Crippen molar-refractivity contribution in [3.8, 4) is 5.75 Å². The van der Waals surface area contributed by atoms with E-state index in [1.807, 2.05) is 24.3 Å². The summed E-state index contributed by atoms with van der Waals surface area (Å²) in [7, 11) is 1.60. The molecule has 120 valence electrons. The van der Waals surface area contributed by atoms with Crippen LogP contribution in [0, 0.1) is 5.82 Å². The van der Waals surface area contributed by atoms with E-state index in [1.54, 1.807) is 32.4 Å². The Morgan fingerprint density at radius 1 is 1.17 bits per heavy atom. The molecule has 2 rings (SSSR count). The smallest absolute Gasteiger partial charge is 0.262 e. The molecule has 0 saturated carbocycles. The number of rotatable bonds is 6. The van der Waals surface area contributed by atoms with Crippen LogP contribution in [0.2, 0.25) is 0 Å². The fourth-order valence-corrected chi connectivity index (χ4v) is 1.82. The van der Waals surface area contributed by atoms with E-state index in [2.05, 4.69) is 15.8 Å². The van der Waals surface area contributed by atoms with E-state index < -0.39 is 6.04 Å². The fourth-order valence-electron chi connectivity index (χ4n) is 1.82. The number of hydrogen-bond acceptors (Lipinski definition) is 4. The summed E-state index contributed by atoms with van der Waals surface area (Å²) in [5, 5.41) is 6.87. The number of benzene rings is 2. The maximum Gasteiger partial charge on any atom is 0.262 e. The minimum absolute atomic E-state index is 0.293. The highest BCUT2D eigenvalue weighted by Gasteiger charge is 2.11. The number of carbonyl (C=O) groups is 1. The van der Waals surface area contributed by atoms with Gasteiger partial charge in [0.05, 0.1) is 13.3 Å². The second-order valence-corrected chi connectivity index (χ2v) is 4.88. The highest BCUT2D eigenvalue weighted by molar-refractivity contribution is 5.86. The molecule has 1 amide bonds. The van der Waals surface area contributed by atoms with Gasteiger partial charge in [-0.05, 0) is 61.0 Å². The molecular weight excluding hydrogens is 297 g/mol. The molecule has 0 aliphatic carbocycles. The molecule has 5 nitrogen and oxygen atoms in total. The molecule has 0 aliphatic heterocycles. The SMILES string of the molecule is COc1ccc(/C=N\NC(=O)[C@H](C)Nc2ccc(F)cc2)cc1. The first-order chi connectivity index (χ1) is 11.1. The van der Waals surface area contributed by atoms with Crippen molar-refractivity contribution in [1.29, 1.82) is 0 Å². The van der Waals surface area contributed by atoms with Gasteiger partial charge in [-0.3, -0.25) is 4.79 Å². The summed E-state index contributed by atoms with van der Waals surface area (Å²) >= 11 is 0. The zero-order chi connectivity index (χ0) is 16.7. The normalized spacial score (nSPS) is 12.0. The highest BCUT2D eigenvalue weighted by Crippen LogP contribution is 2.10. The summed E-state index contributed by atoms with van der Waals surface area (Å²) < 4.78 is 17.9. The molecule has 1 atom stereocenters. The van der Waals surface area contributed by atoms with E-state index in [0.717, 1.165) is 11.3 Å². The molecule has 2 aromatic rings. The van der Waals surface area contributed by atoms with Gasteiger partial charge in [0.2, 0.25) is 0 Å². The third-order valence-corrected chi connectivity index (χ3v) is 3.12. The van der Waals surface area contributed by atoms with Gasteiger partial charge in [-0.15, -0.1) is 0 Å². The molecular formula is C17H18FN3O2. The lowest BCUT2D eigenvalue weighted by Gasteiger charge is -2.13. The fraction of sp³-hybridized carbons (Fsp3) is 0.176. The molecule has 2 N–H and O–H groups in total. The van der Waals surface area contributed by atoms with E-state index in [-0.39, 0.29) is 11.7 Å². The van der Waals surface area contributed by atoms with Crippen LogP contribution in [-0.2, 0) is 4.79 Å². The lowest BCUT2D eigenvalue weighted by atomic mass is 10.2. The zero-order valence-electron chi connectivity index (χ0n) is 12.9. The molecule has 0 aromatic heterocycles. The maximum absolute atomic E-state index is 12.8. The van der Waals surface area contributed by atoms with E-state index in [9.17, 15) is 9.18 Å². The molecule has 0 spiro atoms. The van der Waals surface area contributed by atoms with Crippen LogP contribution >= 0.6 is 0 Å². The Balaban J connectivity index is 1.85. The first kappa shape index (κ1) is 16.5. The Morgan fingerprint density at radius 3 is 2.43 bits per heavy atom. The average Bonchev–Trinajstić information content (AvgIpc) is 2.57. The average molecular weight is 315 g/mol. The number of carbonyl (C=O) groups excluding carboxylic acids is 1. The molecule has 6 heteroatoms. The van der Waals surface area contributed by atoms with Crippen LogP contribution < -0.4 is 15.5 Å². The molecule has 2 aromatic carbocycles. The van der Waals surface area contributed by atoms with Gasteiger partial charge in [-0.25, -0.2) is 9.82 Å². The zero-order valence-corrected chi connectivity index (χ0v) is 12.9. The predicted octanol–water partition coefficient (Wildman–Crippen LogP) is 2.79. The minimum Gasteiger partial charge on any atom is -0.497 e. The molecule has 0 saturated heterocycles. The summed E-state index contributed by atoms with van der Waals surface area (Å²) in [5.41, 5.74) is 3.95. The topological polar surface area (TPSA) is 62.7 Å². The quantitative estimate of drug-likeness (QED) is 0.636. The van der Waals surface area contributed by atoms with Crippen LogP contribution in [0.5, 0.6) is 5.75 Å². The van der Waals surface area contributed by atoms with E-state index in [1.165, 1.54) is 12.1 Å². The molecule has 0 heterocycles. The summed E-state index contributed by atoms with van der Waals surface area (Å²) in [4.78, 5) is 11.9. The Labute approximate surface area is 134 Å². The van der Waals surface area contributed by atoms with Crippen molar-refractivity contribution in [2.45, 2.75) is 13.0 Å². The standard InChI is InChI=1S/C17H18FN3O2/c1-12(20-15-7-5-14(18)6-8-15)17(22)21-19-11-13-3-9-16(23-2)10-4-13/h3-12,20H,1-2H3,(H,21,22)/b19-11-/t12-/m0/s1. The second kappa shape index (κ2) is 7.93. The number of hydrogen-bond donors (Lipinski definition) is 2. The predicted molar refractivity (Wildman–Crippen MR) is 88.2 cm³/mol. The van der Waals surface area contributed by atoms with Gasteiger partial charge < -0.3 is 10.1 Å². The lowest BCUT2D eigenvalue weighted by molar-refractivity contribution is -0.121. The second-order valence-electron chi connectivity index (χ2n) is 4.88. The third kappa shape index (κ3) is 5.10. The van der Waals surface area contributed by atoms with Crippen LogP contribution in [0.4, 0.5) is 10.1 Å². The number of nitrogens with zero attached hydrogens (tertiary/aromatic N) is 1. The Hall–Kier alpha value is -2.89. The first-order valence-corrected chi connectivity index (χ1v) is 7.07. The highest BCUT2D eigenvalue weighted by atomic mass is 19.1. The summed E-state index contributed by atoms with van der Waals surface area (Å²) in [6, 6.07) is 12.6. The first-order valence-electron chi connectivity index (χ1n) is 7.07. The van der Waals surface area contributed by atoms with Gasteiger partial charge in [-0.2, -0.15) is 5.10 Å². The summed E-state index contributed by atoms with van der Waals surface area (Å²) in [6.45, 7) is 1.70. The third-order valence-electron chi connectivity index (χ3n) is 3.12. The van der Waals surface area contributed by atoms with E-state index >= 15 is 0 Å². The molecule has 23 heavy (non-hydrogen) atoms. The van der Waals surface area contributed by atoms with Crippen LogP contribution in [0.1, 0.15) is 12.5 Å². The van der Waals surface area contributed by atoms with E-state index in [0.29, 0.717) is 5.69 Å². The molecule has 0 bridgehead atoms. The summed E-state index contributed by atoms with van der Waals surface area (Å²) in [5.74, 6) is 0.138. The van der Waals surface area contributed by atoms with Crippen molar-refractivity contribution in [2.75, 3.05) is 12.4 Å². The van der Waals surface area contributed by atoms with Crippen LogP contribution in [0.25, 0.3) is 0 Å². The van der Waals surface area contributed by atoms with Gasteiger partial charge in [0.15, 0.2) is 0 Å². The lowest BCUT2D eigenvalue weighted by Crippen LogP contribution is -2.34. The van der Waals surface area contributed by atoms with Crippen LogP contribution in [0.15, 0.2) is 53.6 Å². The number of ether oxygens (including phenoxy) is 1. The van der Waals surface area contributed by atoms with Crippen molar-refractivity contribution in [1.82, 2.24) is 5.43 Å². The molecule has 0 unspecified atom stereocenters. The van der Waals surface area contributed by atoms with Gasteiger partial charge >= 0.3 is 0 Å². The Kier molecular flexibility index (Phi) is 5.68. The van der Waals surface area contributed by atoms with Gasteiger partial charge in [0, 0.05) is 5.69 Å². The van der Waals surface area contributed by atoms with Crippen molar-refractivity contribution in [3.05, 3.63) is 59.9 Å². The Bertz CT molecular complexity index is 669. The molecule has 0 aliphatic rings. The van der Waals surface area contributed by atoms with Crippen molar-refractivity contribution >= 4 is 17.8 Å². The van der Waals surface area contributed by atoms with Gasteiger partial charge in [0.25, 0.3) is 5.91 Å². The van der Waals surface area contributed by atoms with Crippen LogP contribution in [-0.4, -0.2) is 25.3 Å². The maximum atomic E-state index is 12.8.